The number of sulfonamides is 1. The van der Waals surface area contributed by atoms with Crippen LogP contribution in [0.2, 0.25) is 0 Å². The summed E-state index contributed by atoms with van der Waals surface area (Å²) in [6.07, 6.45) is -2.58. The van der Waals surface area contributed by atoms with Crippen molar-refractivity contribution in [2.75, 3.05) is 11.3 Å². The Hall–Kier alpha value is -2.85. The predicted molar refractivity (Wildman–Crippen MR) is 120 cm³/mol. The quantitative estimate of drug-likeness (QED) is 0.494. The van der Waals surface area contributed by atoms with Gasteiger partial charge in [-0.15, -0.1) is 11.3 Å². The highest BCUT2D eigenvalue weighted by Gasteiger charge is 2.32. The van der Waals surface area contributed by atoms with E-state index in [9.17, 15) is 26.4 Å². The molecule has 0 bridgehead atoms. The average molecular weight is 495 g/mol. The van der Waals surface area contributed by atoms with Gasteiger partial charge in [0.2, 0.25) is 5.91 Å². The van der Waals surface area contributed by atoms with Gasteiger partial charge in [0.15, 0.2) is 0 Å². The number of likely N-dealkylation sites (tertiary alicyclic amines) is 1. The first-order valence-electron chi connectivity index (χ1n) is 10.3. The Morgan fingerprint density at radius 1 is 1.09 bits per heavy atom. The van der Waals surface area contributed by atoms with E-state index in [2.05, 4.69) is 4.72 Å². The van der Waals surface area contributed by atoms with Crippen LogP contribution in [0.5, 0.6) is 0 Å². The lowest BCUT2D eigenvalue weighted by molar-refractivity contribution is -0.137. The highest BCUT2D eigenvalue weighted by molar-refractivity contribution is 7.92. The Bertz CT molecular complexity index is 1220. The van der Waals surface area contributed by atoms with E-state index in [4.69, 9.17) is 0 Å². The molecule has 1 N–H and O–H groups in total. The molecule has 5 nitrogen and oxygen atoms in total. The molecule has 1 aliphatic heterocycles. The van der Waals surface area contributed by atoms with Crippen molar-refractivity contribution in [2.45, 2.75) is 36.4 Å². The summed E-state index contributed by atoms with van der Waals surface area (Å²) in [6.45, 7) is 0.705. The van der Waals surface area contributed by atoms with Crippen molar-refractivity contribution in [1.29, 1.82) is 0 Å². The molecule has 10 heteroatoms. The fourth-order valence-corrected chi connectivity index (χ4v) is 5.84. The molecular weight excluding hydrogens is 473 g/mol. The minimum atomic E-state index is -4.64. The fraction of sp³-hybridized carbons (Fsp3) is 0.261. The van der Waals surface area contributed by atoms with E-state index in [1.807, 2.05) is 22.4 Å². The zero-order valence-electron chi connectivity index (χ0n) is 17.4. The zero-order chi connectivity index (χ0) is 23.6. The summed E-state index contributed by atoms with van der Waals surface area (Å²) in [5, 5.41) is 2.00. The summed E-state index contributed by atoms with van der Waals surface area (Å²) in [6, 6.07) is 13.9. The lowest BCUT2D eigenvalue weighted by Gasteiger charge is -2.24. The second kappa shape index (κ2) is 9.18. The average Bonchev–Trinajstić information content (AvgIpc) is 3.46. The lowest BCUT2D eigenvalue weighted by Crippen LogP contribution is -2.31. The summed E-state index contributed by atoms with van der Waals surface area (Å²) in [4.78, 5) is 15.4. The van der Waals surface area contributed by atoms with E-state index in [0.717, 1.165) is 36.6 Å². The first-order valence-corrected chi connectivity index (χ1v) is 12.6. The second-order valence-corrected chi connectivity index (χ2v) is 10.4. The van der Waals surface area contributed by atoms with Crippen molar-refractivity contribution in [3.8, 4) is 0 Å². The molecule has 1 saturated heterocycles. The van der Waals surface area contributed by atoms with Crippen molar-refractivity contribution in [2.24, 2.45) is 0 Å². The van der Waals surface area contributed by atoms with Crippen molar-refractivity contribution in [3.63, 3.8) is 0 Å². The third-order valence-corrected chi connectivity index (χ3v) is 7.83. The van der Waals surface area contributed by atoms with Crippen molar-refractivity contribution < 1.29 is 26.4 Å². The Balaban J connectivity index is 1.43. The molecule has 1 atom stereocenters. The zero-order valence-corrected chi connectivity index (χ0v) is 19.0. The molecule has 2 aromatic carbocycles. The van der Waals surface area contributed by atoms with Crippen LogP contribution in [-0.4, -0.2) is 25.8 Å². The third-order valence-electron chi connectivity index (χ3n) is 5.48. The van der Waals surface area contributed by atoms with Gasteiger partial charge in [0, 0.05) is 17.1 Å². The van der Waals surface area contributed by atoms with Crippen LogP contribution in [0.4, 0.5) is 18.9 Å². The molecular formula is C23H21F3N2O3S2. The minimum absolute atomic E-state index is 0.00296. The summed E-state index contributed by atoms with van der Waals surface area (Å²) >= 11 is 1.63. The Morgan fingerprint density at radius 2 is 1.85 bits per heavy atom. The number of nitrogens with zero attached hydrogens (tertiary/aromatic N) is 1. The summed E-state index contributed by atoms with van der Waals surface area (Å²) < 4.78 is 66.0. The number of alkyl halides is 3. The van der Waals surface area contributed by atoms with Crippen LogP contribution >= 0.6 is 11.3 Å². The van der Waals surface area contributed by atoms with Gasteiger partial charge in [0.05, 0.1) is 22.9 Å². The van der Waals surface area contributed by atoms with E-state index in [1.54, 1.807) is 23.5 Å². The van der Waals surface area contributed by atoms with E-state index < -0.39 is 26.7 Å². The molecule has 2 heterocycles. The predicted octanol–water partition coefficient (Wildman–Crippen LogP) is 5.47. The van der Waals surface area contributed by atoms with Crippen LogP contribution in [0.3, 0.4) is 0 Å². The molecule has 3 aromatic rings. The van der Waals surface area contributed by atoms with Gasteiger partial charge >= 0.3 is 6.18 Å². The highest BCUT2D eigenvalue weighted by Crippen LogP contribution is 2.35. The van der Waals surface area contributed by atoms with Gasteiger partial charge in [-0.3, -0.25) is 9.52 Å². The summed E-state index contributed by atoms with van der Waals surface area (Å²) in [5.74, 6) is 0.00296. The van der Waals surface area contributed by atoms with Crippen LogP contribution in [0.25, 0.3) is 0 Å². The van der Waals surface area contributed by atoms with Gasteiger partial charge in [-0.1, -0.05) is 24.3 Å². The maximum Gasteiger partial charge on any atom is 0.416 e. The van der Waals surface area contributed by atoms with Crippen LogP contribution in [-0.2, 0) is 27.4 Å². The molecule has 1 fully saturated rings. The number of amides is 1. The standard InChI is InChI=1S/C23H21F3N2O3S2/c24-23(25,26)17-4-1-5-19(15-17)33(30,31)27-18-10-8-16(9-11-18)14-22(29)28-12-2-6-20(28)21-7-3-13-32-21/h1,3-5,7-11,13,15,20,27H,2,6,12,14H2/t20-/m1/s1. The van der Waals surface area contributed by atoms with Gasteiger partial charge in [0.25, 0.3) is 10.0 Å². The SMILES string of the molecule is O=C(Cc1ccc(NS(=O)(=O)c2cccc(C(F)(F)F)c2)cc1)N1CCC[C@@H]1c1cccs1. The number of carbonyl (C=O) groups is 1. The largest absolute Gasteiger partial charge is 0.416 e. The molecule has 0 spiro atoms. The van der Waals surface area contributed by atoms with E-state index in [0.29, 0.717) is 12.6 Å². The Kier molecular flexibility index (Phi) is 6.49. The number of halogens is 3. The molecule has 0 unspecified atom stereocenters. The van der Waals surface area contributed by atoms with E-state index in [1.165, 1.54) is 17.0 Å². The van der Waals surface area contributed by atoms with Crippen LogP contribution in [0, 0.1) is 0 Å². The van der Waals surface area contributed by atoms with Gasteiger partial charge in [-0.05, 0) is 60.2 Å². The number of benzene rings is 2. The maximum atomic E-state index is 12.9. The normalized spacial score (nSPS) is 16.7. The third kappa shape index (κ3) is 5.39. The summed E-state index contributed by atoms with van der Waals surface area (Å²) in [5.41, 5.74) is -0.123. The molecule has 0 saturated carbocycles. The smallest absolute Gasteiger partial charge is 0.335 e. The monoisotopic (exact) mass is 494 g/mol. The van der Waals surface area contributed by atoms with E-state index >= 15 is 0 Å². The highest BCUT2D eigenvalue weighted by atomic mass is 32.2. The number of hydrogen-bond donors (Lipinski definition) is 1. The molecule has 1 aliphatic rings. The Labute approximate surface area is 193 Å². The number of nitrogens with one attached hydrogen (secondary N) is 1. The van der Waals surface area contributed by atoms with Crippen LogP contribution in [0.15, 0.2) is 70.9 Å². The lowest BCUT2D eigenvalue weighted by atomic mass is 10.1. The van der Waals surface area contributed by atoms with Crippen molar-refractivity contribution in [1.82, 2.24) is 4.90 Å². The van der Waals surface area contributed by atoms with E-state index in [-0.39, 0.29) is 24.1 Å². The number of rotatable bonds is 6. The fourth-order valence-electron chi connectivity index (χ4n) is 3.86. The first-order chi connectivity index (χ1) is 15.6. The number of carbonyl (C=O) groups excluding carboxylic acids is 1. The molecule has 0 aliphatic carbocycles. The van der Waals surface area contributed by atoms with Crippen LogP contribution < -0.4 is 4.72 Å². The van der Waals surface area contributed by atoms with Gasteiger partial charge in [0.1, 0.15) is 0 Å². The number of anilines is 1. The second-order valence-electron chi connectivity index (χ2n) is 7.77. The van der Waals surface area contributed by atoms with Gasteiger partial charge in [-0.25, -0.2) is 8.42 Å². The van der Waals surface area contributed by atoms with Crippen molar-refractivity contribution >= 4 is 33.0 Å². The molecule has 1 aromatic heterocycles. The number of thiophene rings is 1. The molecule has 4 rings (SSSR count). The maximum absolute atomic E-state index is 12.9. The van der Waals surface area contributed by atoms with Crippen molar-refractivity contribution in [3.05, 3.63) is 82.0 Å². The topological polar surface area (TPSA) is 66.5 Å². The first kappa shape index (κ1) is 23.3. The minimum Gasteiger partial charge on any atom is -0.335 e. The molecule has 0 radical (unpaired) electrons. The van der Waals surface area contributed by atoms with Gasteiger partial charge < -0.3 is 4.90 Å². The Morgan fingerprint density at radius 3 is 2.52 bits per heavy atom. The molecule has 174 valence electrons. The molecule has 33 heavy (non-hydrogen) atoms. The van der Waals surface area contributed by atoms with Crippen LogP contribution in [0.1, 0.15) is 34.9 Å². The number of hydrogen-bond acceptors (Lipinski definition) is 4. The van der Waals surface area contributed by atoms with Gasteiger partial charge in [-0.2, -0.15) is 13.2 Å². The molecule has 1 amide bonds. The summed E-state index contributed by atoms with van der Waals surface area (Å²) in [7, 11) is -4.20.